The van der Waals surface area contributed by atoms with Crippen molar-refractivity contribution in [2.75, 3.05) is 64.3 Å². The van der Waals surface area contributed by atoms with Gasteiger partial charge in [-0.25, -0.2) is 19.2 Å². The number of rotatable bonds is 15. The van der Waals surface area contributed by atoms with Crippen LogP contribution in [0, 0.1) is 5.82 Å². The second-order valence-corrected chi connectivity index (χ2v) is 10.9. The van der Waals surface area contributed by atoms with Gasteiger partial charge in [0.2, 0.25) is 5.91 Å². The molecule has 11 nitrogen and oxygen atoms in total. The van der Waals surface area contributed by atoms with E-state index >= 15 is 0 Å². The molecule has 1 amide bonds. The van der Waals surface area contributed by atoms with Gasteiger partial charge in [0.25, 0.3) is 0 Å². The van der Waals surface area contributed by atoms with Gasteiger partial charge in [0.05, 0.1) is 43.2 Å². The van der Waals surface area contributed by atoms with Crippen LogP contribution in [-0.2, 0) is 23.8 Å². The van der Waals surface area contributed by atoms with E-state index in [0.29, 0.717) is 60.1 Å². The van der Waals surface area contributed by atoms with Crippen molar-refractivity contribution in [2.24, 2.45) is 0 Å². The van der Waals surface area contributed by atoms with Crippen LogP contribution < -0.4 is 15.4 Å². The number of anilines is 3. The topological polar surface area (TPSA) is 124 Å². The first-order chi connectivity index (χ1) is 20.4. The van der Waals surface area contributed by atoms with Crippen molar-refractivity contribution in [3.63, 3.8) is 0 Å². The molecule has 2 aromatic carbocycles. The van der Waals surface area contributed by atoms with E-state index in [1.807, 2.05) is 11.9 Å². The maximum atomic E-state index is 13.6. The molecule has 1 aromatic heterocycles. The van der Waals surface area contributed by atoms with E-state index in [2.05, 4.69) is 20.6 Å². The molecule has 13 heteroatoms. The molecule has 0 atom stereocenters. The number of ether oxygens (including phenoxy) is 4. The maximum Gasteiger partial charge on any atom is 0.332 e. The zero-order valence-electron chi connectivity index (χ0n) is 24.9. The van der Waals surface area contributed by atoms with Gasteiger partial charge in [-0.2, -0.15) is 0 Å². The van der Waals surface area contributed by atoms with Gasteiger partial charge in [0, 0.05) is 36.3 Å². The number of halogens is 2. The number of nitrogens with one attached hydrogen (secondary N) is 2. The van der Waals surface area contributed by atoms with Crippen molar-refractivity contribution in [1.29, 1.82) is 0 Å². The summed E-state index contributed by atoms with van der Waals surface area (Å²) in [6.45, 7) is 7.52. The van der Waals surface area contributed by atoms with Crippen LogP contribution in [0.3, 0.4) is 0 Å². The van der Waals surface area contributed by atoms with Crippen LogP contribution >= 0.6 is 11.6 Å². The van der Waals surface area contributed by atoms with Crippen LogP contribution in [0.25, 0.3) is 10.9 Å². The molecule has 1 heterocycles. The summed E-state index contributed by atoms with van der Waals surface area (Å²) in [7, 11) is 3.40. The number of aromatic nitrogens is 2. The van der Waals surface area contributed by atoms with Crippen molar-refractivity contribution in [2.45, 2.75) is 26.4 Å². The first kappa shape index (κ1) is 33.7. The number of amides is 1. The summed E-state index contributed by atoms with van der Waals surface area (Å²) in [5.74, 6) is -0.416. The number of fused-ring (bicyclic) bond motifs is 1. The predicted molar refractivity (Wildman–Crippen MR) is 164 cm³/mol. The lowest BCUT2D eigenvalue weighted by molar-refractivity contribution is -0.160. The zero-order chi connectivity index (χ0) is 31.4. The highest BCUT2D eigenvalue weighted by molar-refractivity contribution is 6.31. The Bertz CT molecular complexity index is 1430. The van der Waals surface area contributed by atoms with Gasteiger partial charge in [-0.3, -0.25) is 4.79 Å². The average molecular weight is 618 g/mol. The van der Waals surface area contributed by atoms with Gasteiger partial charge in [0.15, 0.2) is 0 Å². The van der Waals surface area contributed by atoms with Gasteiger partial charge < -0.3 is 34.5 Å². The highest BCUT2D eigenvalue weighted by atomic mass is 35.5. The Balaban J connectivity index is 1.48. The molecule has 0 unspecified atom stereocenters. The number of carbonyl (C=O) groups is 2. The summed E-state index contributed by atoms with van der Waals surface area (Å²) in [6, 6.07) is 7.64. The van der Waals surface area contributed by atoms with Gasteiger partial charge in [-0.05, 0) is 52.1 Å². The number of carbonyl (C=O) groups excluding carboxylic acids is 2. The summed E-state index contributed by atoms with van der Waals surface area (Å²) < 4.78 is 35.0. The minimum Gasteiger partial charge on any atom is -0.494 e. The minimum absolute atomic E-state index is 0.0234. The SMILES string of the molecule is COc1cc2ncnc(Nc3ccc(F)c(Cl)c3)c2cc1NC(=O)/C=C/CN(C)CCOCCOCC(=O)OC(C)(C)C. The number of esters is 1. The Morgan fingerprint density at radius 2 is 1.86 bits per heavy atom. The molecule has 43 heavy (non-hydrogen) atoms. The molecule has 3 rings (SSSR count). The van der Waals surface area contributed by atoms with Crippen LogP contribution in [0.1, 0.15) is 20.8 Å². The van der Waals surface area contributed by atoms with Gasteiger partial charge in [-0.1, -0.05) is 17.7 Å². The first-order valence-electron chi connectivity index (χ1n) is 13.5. The molecule has 0 radical (unpaired) electrons. The third kappa shape index (κ3) is 11.4. The summed E-state index contributed by atoms with van der Waals surface area (Å²) in [6.07, 6.45) is 4.56. The number of benzene rings is 2. The van der Waals surface area contributed by atoms with Gasteiger partial charge in [0.1, 0.15) is 35.9 Å². The van der Waals surface area contributed by atoms with Crippen molar-refractivity contribution in [3.8, 4) is 5.75 Å². The molecular weight excluding hydrogens is 581 g/mol. The molecule has 0 spiro atoms. The molecule has 0 aliphatic rings. The average Bonchev–Trinajstić information content (AvgIpc) is 2.93. The fraction of sp³-hybridized carbons (Fsp3) is 0.400. The first-order valence-corrected chi connectivity index (χ1v) is 13.9. The Morgan fingerprint density at radius 3 is 2.58 bits per heavy atom. The molecule has 0 saturated carbocycles. The van der Waals surface area contributed by atoms with Crippen LogP contribution in [0.4, 0.5) is 21.6 Å². The lowest BCUT2D eigenvalue weighted by Gasteiger charge is -2.19. The van der Waals surface area contributed by atoms with E-state index in [-0.39, 0.29) is 24.1 Å². The van der Waals surface area contributed by atoms with Crippen molar-refractivity contribution >= 4 is 51.6 Å². The molecule has 0 bridgehead atoms. The predicted octanol–water partition coefficient (Wildman–Crippen LogP) is 4.98. The van der Waals surface area contributed by atoms with E-state index in [0.717, 1.165) is 0 Å². The Labute approximate surface area is 255 Å². The quantitative estimate of drug-likeness (QED) is 0.137. The normalized spacial score (nSPS) is 11.7. The summed E-state index contributed by atoms with van der Waals surface area (Å²) in [4.78, 5) is 34.9. The molecule has 2 N–H and O–H groups in total. The Hall–Kier alpha value is -3.84. The molecular formula is C30H37ClFN5O6. The standard InChI is InChI=1S/C30H37ClFN5O6/c1-30(2,3)43-28(39)18-42-14-13-41-12-11-37(4)10-6-7-27(38)36-25-16-21-24(17-26(25)40-5)33-19-34-29(21)35-20-8-9-23(32)22(31)15-20/h6-9,15-17,19H,10-14,18H2,1-5H3,(H,36,38)(H,33,34,35)/b7-6+. The van der Waals surface area contributed by atoms with E-state index in [1.165, 1.54) is 31.6 Å². The van der Waals surface area contributed by atoms with E-state index in [9.17, 15) is 14.0 Å². The van der Waals surface area contributed by atoms with Gasteiger partial charge >= 0.3 is 5.97 Å². The number of likely N-dealkylation sites (N-methyl/N-ethyl adjacent to an activating group) is 1. The van der Waals surface area contributed by atoms with Crippen LogP contribution in [0.2, 0.25) is 5.02 Å². The second kappa shape index (κ2) is 16.1. The van der Waals surface area contributed by atoms with Crippen molar-refractivity contribution in [1.82, 2.24) is 14.9 Å². The lowest BCUT2D eigenvalue weighted by Crippen LogP contribution is -2.27. The maximum absolute atomic E-state index is 13.6. The molecule has 232 valence electrons. The Morgan fingerprint density at radius 1 is 1.09 bits per heavy atom. The number of nitrogens with zero attached hydrogens (tertiary/aromatic N) is 3. The molecule has 0 aliphatic carbocycles. The minimum atomic E-state index is -0.541. The van der Waals surface area contributed by atoms with Crippen molar-refractivity contribution < 1.29 is 32.9 Å². The Kier molecular flexibility index (Phi) is 12.6. The lowest BCUT2D eigenvalue weighted by atomic mass is 10.1. The fourth-order valence-electron chi connectivity index (χ4n) is 3.73. The third-order valence-corrected chi connectivity index (χ3v) is 6.00. The largest absolute Gasteiger partial charge is 0.494 e. The highest BCUT2D eigenvalue weighted by Gasteiger charge is 2.16. The summed E-state index contributed by atoms with van der Waals surface area (Å²) in [5, 5.41) is 6.53. The summed E-state index contributed by atoms with van der Waals surface area (Å²) >= 11 is 5.91. The van der Waals surface area contributed by atoms with E-state index < -0.39 is 17.4 Å². The van der Waals surface area contributed by atoms with Crippen LogP contribution in [-0.4, -0.2) is 86.0 Å². The second-order valence-electron chi connectivity index (χ2n) is 10.5. The molecule has 0 saturated heterocycles. The van der Waals surface area contributed by atoms with Crippen LogP contribution in [0.5, 0.6) is 5.75 Å². The smallest absolute Gasteiger partial charge is 0.332 e. The van der Waals surface area contributed by atoms with Crippen LogP contribution in [0.15, 0.2) is 48.8 Å². The van der Waals surface area contributed by atoms with E-state index in [4.69, 9.17) is 30.5 Å². The number of hydrogen-bond donors (Lipinski definition) is 2. The van der Waals surface area contributed by atoms with Gasteiger partial charge in [-0.15, -0.1) is 0 Å². The number of methoxy groups -OCH3 is 1. The number of hydrogen-bond acceptors (Lipinski definition) is 10. The molecule has 0 fully saturated rings. The molecule has 0 aliphatic heterocycles. The fourth-order valence-corrected chi connectivity index (χ4v) is 3.91. The van der Waals surface area contributed by atoms with Crippen molar-refractivity contribution in [3.05, 3.63) is 59.7 Å². The third-order valence-electron chi connectivity index (χ3n) is 5.71. The zero-order valence-corrected chi connectivity index (χ0v) is 25.7. The molecule has 3 aromatic rings. The monoisotopic (exact) mass is 617 g/mol. The van der Waals surface area contributed by atoms with E-state index in [1.54, 1.807) is 45.0 Å². The highest BCUT2D eigenvalue weighted by Crippen LogP contribution is 2.33. The summed E-state index contributed by atoms with van der Waals surface area (Å²) in [5.41, 5.74) is 1.00.